The van der Waals surface area contributed by atoms with Crippen LogP contribution in [0, 0.1) is 5.92 Å². The minimum Gasteiger partial charge on any atom is -0.337 e. The summed E-state index contributed by atoms with van der Waals surface area (Å²) in [4.78, 5) is 29.2. The van der Waals surface area contributed by atoms with Crippen LogP contribution in [-0.4, -0.2) is 67.9 Å². The molecule has 3 rings (SSSR count). The van der Waals surface area contributed by atoms with Crippen LogP contribution in [0.5, 0.6) is 0 Å². The van der Waals surface area contributed by atoms with E-state index in [2.05, 4.69) is 22.6 Å². The summed E-state index contributed by atoms with van der Waals surface area (Å²) in [6.45, 7) is 3.75. The molecule has 2 fully saturated rings. The lowest BCUT2D eigenvalue weighted by Crippen LogP contribution is -2.47. The third-order valence-electron chi connectivity index (χ3n) is 5.53. The molecule has 0 saturated carbocycles. The van der Waals surface area contributed by atoms with Gasteiger partial charge in [0.1, 0.15) is 0 Å². The van der Waals surface area contributed by atoms with E-state index in [9.17, 15) is 9.59 Å². The normalized spacial score (nSPS) is 24.1. The van der Waals surface area contributed by atoms with Crippen molar-refractivity contribution in [2.45, 2.75) is 31.7 Å². The molecule has 0 radical (unpaired) electrons. The van der Waals surface area contributed by atoms with Gasteiger partial charge in [-0.15, -0.1) is 0 Å². The van der Waals surface area contributed by atoms with E-state index in [0.29, 0.717) is 5.56 Å². The number of hydrogen-bond acceptors (Lipinski definition) is 4. The largest absolute Gasteiger partial charge is 0.337 e. The van der Waals surface area contributed by atoms with Gasteiger partial charge >= 0.3 is 0 Å². The number of benzene rings is 1. The first-order valence-corrected chi connectivity index (χ1v) is 9.62. The predicted molar refractivity (Wildman–Crippen MR) is 103 cm³/mol. The number of carbonyl (C=O) groups excluding carboxylic acids is 2. The average molecular weight is 358 g/mol. The minimum absolute atomic E-state index is 0.0273. The van der Waals surface area contributed by atoms with Crippen molar-refractivity contribution in [3.8, 4) is 0 Å². The van der Waals surface area contributed by atoms with Gasteiger partial charge in [0.2, 0.25) is 5.91 Å². The van der Waals surface area contributed by atoms with Crippen molar-refractivity contribution in [1.29, 1.82) is 0 Å². The Hall–Kier alpha value is -1.92. The van der Waals surface area contributed by atoms with Gasteiger partial charge in [-0.1, -0.05) is 0 Å². The highest BCUT2D eigenvalue weighted by atomic mass is 16.2. The lowest BCUT2D eigenvalue weighted by molar-refractivity contribution is -0.120. The average Bonchev–Trinajstić information content (AvgIpc) is 2.68. The van der Waals surface area contributed by atoms with Crippen LogP contribution in [0.25, 0.3) is 0 Å². The van der Waals surface area contributed by atoms with Crippen LogP contribution in [0.15, 0.2) is 24.3 Å². The fourth-order valence-corrected chi connectivity index (χ4v) is 3.84. The molecular weight excluding hydrogens is 328 g/mol. The summed E-state index contributed by atoms with van der Waals surface area (Å²) < 4.78 is 0. The molecule has 0 spiro atoms. The SMILES string of the molecule is CN1CCCC(N(C)C(=O)c2ccc(NC(=O)C3CCCNC3)cc2)C1. The molecule has 1 aromatic carbocycles. The maximum atomic E-state index is 12.7. The number of nitrogens with zero attached hydrogens (tertiary/aromatic N) is 2. The number of nitrogens with one attached hydrogen (secondary N) is 2. The van der Waals surface area contributed by atoms with E-state index in [4.69, 9.17) is 0 Å². The summed E-state index contributed by atoms with van der Waals surface area (Å²) in [5.41, 5.74) is 1.41. The quantitative estimate of drug-likeness (QED) is 0.861. The second-order valence-electron chi connectivity index (χ2n) is 7.58. The molecule has 2 atom stereocenters. The monoisotopic (exact) mass is 358 g/mol. The van der Waals surface area contributed by atoms with Gasteiger partial charge in [0, 0.05) is 37.4 Å². The summed E-state index contributed by atoms with van der Waals surface area (Å²) in [7, 11) is 3.99. The van der Waals surface area contributed by atoms with E-state index < -0.39 is 0 Å². The molecule has 2 aliphatic heterocycles. The number of anilines is 1. The number of hydrogen-bond donors (Lipinski definition) is 2. The summed E-state index contributed by atoms with van der Waals surface area (Å²) in [5, 5.41) is 6.22. The van der Waals surface area contributed by atoms with Crippen molar-refractivity contribution in [2.24, 2.45) is 5.92 Å². The number of carbonyl (C=O) groups is 2. The molecule has 2 heterocycles. The molecule has 1 aromatic rings. The molecule has 6 heteroatoms. The van der Waals surface area contributed by atoms with Gasteiger partial charge in [-0.05, 0) is 70.1 Å². The smallest absolute Gasteiger partial charge is 0.253 e. The van der Waals surface area contributed by atoms with Gasteiger partial charge in [0.15, 0.2) is 0 Å². The molecule has 2 unspecified atom stereocenters. The van der Waals surface area contributed by atoms with Crippen molar-refractivity contribution in [3.63, 3.8) is 0 Å². The summed E-state index contributed by atoms with van der Waals surface area (Å²) in [5.74, 6) is 0.123. The minimum atomic E-state index is 0.0273. The van der Waals surface area contributed by atoms with Gasteiger partial charge in [0.05, 0.1) is 5.92 Å². The van der Waals surface area contributed by atoms with Crippen LogP contribution in [0.4, 0.5) is 5.69 Å². The molecular formula is C20H30N4O2. The zero-order chi connectivity index (χ0) is 18.5. The lowest BCUT2D eigenvalue weighted by atomic mass is 9.99. The molecule has 2 N–H and O–H groups in total. The molecule has 2 saturated heterocycles. The summed E-state index contributed by atoms with van der Waals surface area (Å²) in [6, 6.07) is 7.52. The Morgan fingerprint density at radius 1 is 1.19 bits per heavy atom. The van der Waals surface area contributed by atoms with Gasteiger partial charge in [0.25, 0.3) is 5.91 Å². The molecule has 2 amide bonds. The van der Waals surface area contributed by atoms with Gasteiger partial charge in [-0.3, -0.25) is 9.59 Å². The molecule has 2 aliphatic rings. The highest BCUT2D eigenvalue weighted by Crippen LogP contribution is 2.18. The second-order valence-corrected chi connectivity index (χ2v) is 7.58. The van der Waals surface area contributed by atoms with Crippen molar-refractivity contribution in [1.82, 2.24) is 15.1 Å². The summed E-state index contributed by atoms with van der Waals surface area (Å²) >= 11 is 0. The summed E-state index contributed by atoms with van der Waals surface area (Å²) in [6.07, 6.45) is 4.14. The number of rotatable bonds is 4. The van der Waals surface area contributed by atoms with Crippen molar-refractivity contribution in [3.05, 3.63) is 29.8 Å². The fourth-order valence-electron chi connectivity index (χ4n) is 3.84. The van der Waals surface area contributed by atoms with Crippen LogP contribution in [-0.2, 0) is 4.79 Å². The number of piperidine rings is 2. The zero-order valence-electron chi connectivity index (χ0n) is 15.8. The van der Waals surface area contributed by atoms with Crippen LogP contribution in [0.1, 0.15) is 36.0 Å². The Morgan fingerprint density at radius 3 is 2.62 bits per heavy atom. The molecule has 0 aliphatic carbocycles. The van der Waals surface area contributed by atoms with Crippen LogP contribution in [0.2, 0.25) is 0 Å². The molecule has 6 nitrogen and oxygen atoms in total. The molecule has 26 heavy (non-hydrogen) atoms. The van der Waals surface area contributed by atoms with Crippen LogP contribution < -0.4 is 10.6 Å². The number of likely N-dealkylation sites (N-methyl/N-ethyl adjacent to an activating group) is 2. The molecule has 142 valence electrons. The Labute approximate surface area is 155 Å². The van der Waals surface area contributed by atoms with E-state index in [0.717, 1.165) is 57.5 Å². The second kappa shape index (κ2) is 8.64. The third-order valence-corrected chi connectivity index (χ3v) is 5.53. The van der Waals surface area contributed by atoms with E-state index in [-0.39, 0.29) is 23.8 Å². The zero-order valence-corrected chi connectivity index (χ0v) is 15.8. The van der Waals surface area contributed by atoms with Gasteiger partial charge in [-0.25, -0.2) is 0 Å². The van der Waals surface area contributed by atoms with E-state index >= 15 is 0 Å². The Bertz CT molecular complexity index is 625. The first-order chi connectivity index (χ1) is 12.5. The van der Waals surface area contributed by atoms with Crippen LogP contribution >= 0.6 is 0 Å². The van der Waals surface area contributed by atoms with E-state index in [1.165, 1.54) is 0 Å². The standard InChI is InChI=1S/C20H30N4O2/c1-23-12-4-6-18(14-23)24(2)20(26)15-7-9-17(10-8-15)22-19(25)16-5-3-11-21-13-16/h7-10,16,18,21H,3-6,11-14H2,1-2H3,(H,22,25). The van der Waals surface area contributed by atoms with Crippen molar-refractivity contribution < 1.29 is 9.59 Å². The third kappa shape index (κ3) is 4.62. The maximum absolute atomic E-state index is 12.7. The van der Waals surface area contributed by atoms with Gasteiger partial charge in [-0.2, -0.15) is 0 Å². The fraction of sp³-hybridized carbons (Fsp3) is 0.600. The van der Waals surface area contributed by atoms with Crippen LogP contribution in [0.3, 0.4) is 0 Å². The lowest BCUT2D eigenvalue weighted by Gasteiger charge is -2.35. The van der Waals surface area contributed by atoms with E-state index in [1.807, 2.05) is 24.1 Å². The Kier molecular flexibility index (Phi) is 6.27. The first-order valence-electron chi connectivity index (χ1n) is 9.62. The van der Waals surface area contributed by atoms with Crippen molar-refractivity contribution >= 4 is 17.5 Å². The van der Waals surface area contributed by atoms with Gasteiger partial charge < -0.3 is 20.4 Å². The molecule has 0 bridgehead atoms. The number of amides is 2. The van der Waals surface area contributed by atoms with Crippen molar-refractivity contribution in [2.75, 3.05) is 45.6 Å². The number of likely N-dealkylation sites (tertiary alicyclic amines) is 1. The highest BCUT2D eigenvalue weighted by Gasteiger charge is 2.25. The maximum Gasteiger partial charge on any atom is 0.253 e. The Balaban J connectivity index is 1.57. The highest BCUT2D eigenvalue weighted by molar-refractivity contribution is 5.96. The molecule has 0 aromatic heterocycles. The van der Waals surface area contributed by atoms with E-state index in [1.54, 1.807) is 12.1 Å². The Morgan fingerprint density at radius 2 is 1.96 bits per heavy atom. The topological polar surface area (TPSA) is 64.7 Å². The first kappa shape index (κ1) is 18.9. The predicted octanol–water partition coefficient (Wildman–Crippen LogP) is 1.79.